The Labute approximate surface area is 148 Å². The summed E-state index contributed by atoms with van der Waals surface area (Å²) in [6.07, 6.45) is 6.99. The predicted molar refractivity (Wildman–Crippen MR) is 100 cm³/mol. The van der Waals surface area contributed by atoms with E-state index in [2.05, 4.69) is 38.5 Å². The van der Waals surface area contributed by atoms with Crippen molar-refractivity contribution < 1.29 is 4.79 Å². The molecule has 134 valence electrons. The van der Waals surface area contributed by atoms with Gasteiger partial charge in [0.2, 0.25) is 5.91 Å². The molecular formula is C18H26N6O. The number of rotatable bonds is 8. The van der Waals surface area contributed by atoms with Crippen molar-refractivity contribution in [3.8, 4) is 0 Å². The molecule has 3 rings (SSSR count). The third-order valence-corrected chi connectivity index (χ3v) is 4.79. The third-order valence-electron chi connectivity index (χ3n) is 4.79. The number of aromatic nitrogens is 3. The van der Waals surface area contributed by atoms with Gasteiger partial charge in [-0.3, -0.25) is 4.79 Å². The lowest BCUT2D eigenvalue weighted by Gasteiger charge is -2.29. The first kappa shape index (κ1) is 17.4. The second kappa shape index (κ2) is 8.09. The summed E-state index contributed by atoms with van der Waals surface area (Å²) in [6, 6.07) is 2.24. The van der Waals surface area contributed by atoms with Gasteiger partial charge >= 0.3 is 0 Å². The molecule has 2 aromatic rings. The first-order chi connectivity index (χ1) is 12.2. The molecule has 1 aliphatic heterocycles. The van der Waals surface area contributed by atoms with Crippen LogP contribution in [0.3, 0.4) is 0 Å². The Bertz CT molecular complexity index is 727. The van der Waals surface area contributed by atoms with E-state index < -0.39 is 0 Å². The molecule has 1 N–H and O–H groups in total. The van der Waals surface area contributed by atoms with Crippen LogP contribution in [-0.2, 0) is 4.79 Å². The van der Waals surface area contributed by atoms with Gasteiger partial charge in [-0.2, -0.15) is 0 Å². The first-order valence-electron chi connectivity index (χ1n) is 8.99. The second-order valence-electron chi connectivity index (χ2n) is 6.46. The topological polar surface area (TPSA) is 77.5 Å². The highest BCUT2D eigenvalue weighted by atomic mass is 16.2. The van der Waals surface area contributed by atoms with Gasteiger partial charge in [0.15, 0.2) is 0 Å². The molecule has 3 heterocycles. The van der Waals surface area contributed by atoms with E-state index in [-0.39, 0.29) is 11.9 Å². The number of amides is 1. The van der Waals surface area contributed by atoms with Gasteiger partial charge in [-0.15, -0.1) is 0 Å². The average molecular weight is 342 g/mol. The standard InChI is InChI=1S/C18H26N6O/c1-3-4-10-24(16(25)6-8-19-2)14-7-11-23(12-14)18-15-5-9-20-17(15)21-13-22-18/h5,9,13-14H,2-4,6-8,10-12H2,1H3,(H,20,21,22). The van der Waals surface area contributed by atoms with Crippen molar-refractivity contribution in [1.29, 1.82) is 0 Å². The molecule has 1 unspecified atom stereocenters. The van der Waals surface area contributed by atoms with Crippen LogP contribution < -0.4 is 4.90 Å². The van der Waals surface area contributed by atoms with Gasteiger partial charge in [-0.05, 0) is 25.6 Å². The van der Waals surface area contributed by atoms with E-state index in [1.165, 1.54) is 0 Å². The molecular weight excluding hydrogens is 316 g/mol. The molecule has 1 amide bonds. The summed E-state index contributed by atoms with van der Waals surface area (Å²) in [6.45, 7) is 8.65. The molecule has 1 aliphatic rings. The van der Waals surface area contributed by atoms with Crippen molar-refractivity contribution in [2.75, 3.05) is 31.1 Å². The maximum atomic E-state index is 12.6. The zero-order valence-electron chi connectivity index (χ0n) is 14.8. The number of hydrogen-bond donors (Lipinski definition) is 1. The van der Waals surface area contributed by atoms with Crippen LogP contribution in [0.5, 0.6) is 0 Å². The van der Waals surface area contributed by atoms with Crippen LogP contribution in [0.25, 0.3) is 11.0 Å². The van der Waals surface area contributed by atoms with Gasteiger partial charge in [-0.1, -0.05) is 13.3 Å². The number of unbranched alkanes of at least 4 members (excludes halogenated alkanes) is 1. The first-order valence-corrected chi connectivity index (χ1v) is 8.99. The summed E-state index contributed by atoms with van der Waals surface area (Å²) in [5.74, 6) is 1.13. The summed E-state index contributed by atoms with van der Waals surface area (Å²) >= 11 is 0. The van der Waals surface area contributed by atoms with Crippen molar-refractivity contribution in [2.45, 2.75) is 38.6 Å². The molecule has 0 spiro atoms. The number of H-pyrrole nitrogens is 1. The van der Waals surface area contributed by atoms with E-state index in [1.807, 2.05) is 17.2 Å². The van der Waals surface area contributed by atoms with E-state index in [4.69, 9.17) is 0 Å². The summed E-state index contributed by atoms with van der Waals surface area (Å²) in [5, 5.41) is 1.03. The smallest absolute Gasteiger partial charge is 0.224 e. The fraction of sp³-hybridized carbons (Fsp3) is 0.556. The zero-order chi connectivity index (χ0) is 17.6. The number of nitrogens with one attached hydrogen (secondary N) is 1. The molecule has 0 bridgehead atoms. The number of carbonyl (C=O) groups is 1. The van der Waals surface area contributed by atoms with Gasteiger partial charge < -0.3 is 19.8 Å². The average Bonchev–Trinajstić information content (AvgIpc) is 3.29. The highest BCUT2D eigenvalue weighted by Gasteiger charge is 2.31. The largest absolute Gasteiger partial charge is 0.354 e. The molecule has 7 heteroatoms. The Morgan fingerprint density at radius 1 is 1.52 bits per heavy atom. The maximum absolute atomic E-state index is 12.6. The minimum atomic E-state index is 0.183. The maximum Gasteiger partial charge on any atom is 0.224 e. The minimum Gasteiger partial charge on any atom is -0.354 e. The fourth-order valence-corrected chi connectivity index (χ4v) is 3.46. The van der Waals surface area contributed by atoms with Crippen LogP contribution in [0.4, 0.5) is 5.82 Å². The zero-order valence-corrected chi connectivity index (χ0v) is 14.8. The van der Waals surface area contributed by atoms with Crippen molar-refractivity contribution in [1.82, 2.24) is 19.9 Å². The number of carbonyl (C=O) groups excluding carboxylic acids is 1. The molecule has 1 saturated heterocycles. The normalized spacial score (nSPS) is 17.2. The van der Waals surface area contributed by atoms with E-state index in [0.29, 0.717) is 13.0 Å². The molecule has 1 fully saturated rings. The van der Waals surface area contributed by atoms with Crippen molar-refractivity contribution in [2.24, 2.45) is 4.99 Å². The summed E-state index contributed by atoms with van der Waals surface area (Å²) in [4.78, 5) is 32.6. The summed E-state index contributed by atoms with van der Waals surface area (Å²) < 4.78 is 0. The van der Waals surface area contributed by atoms with Crippen LogP contribution in [-0.4, -0.2) is 64.7 Å². The SMILES string of the molecule is C=NCCC(=O)N(CCCC)C1CCN(c2ncnc3[nH]ccc23)C1. The number of aliphatic imine (C=N–C) groups is 1. The lowest BCUT2D eigenvalue weighted by Crippen LogP contribution is -2.43. The Kier molecular flexibility index (Phi) is 5.63. The highest BCUT2D eigenvalue weighted by Crippen LogP contribution is 2.27. The quantitative estimate of drug-likeness (QED) is 0.747. The van der Waals surface area contributed by atoms with E-state index in [9.17, 15) is 4.79 Å². The van der Waals surface area contributed by atoms with Crippen LogP contribution in [0.2, 0.25) is 0 Å². The van der Waals surface area contributed by atoms with E-state index in [0.717, 1.165) is 55.7 Å². The fourth-order valence-electron chi connectivity index (χ4n) is 3.46. The van der Waals surface area contributed by atoms with Gasteiger partial charge in [0.05, 0.1) is 11.4 Å². The van der Waals surface area contributed by atoms with Crippen LogP contribution >= 0.6 is 0 Å². The second-order valence-corrected chi connectivity index (χ2v) is 6.46. The number of aromatic amines is 1. The molecule has 1 atom stereocenters. The Balaban J connectivity index is 1.73. The Morgan fingerprint density at radius 2 is 2.40 bits per heavy atom. The van der Waals surface area contributed by atoms with Crippen molar-refractivity contribution in [3.05, 3.63) is 18.6 Å². The molecule has 2 aromatic heterocycles. The third kappa shape index (κ3) is 3.81. The minimum absolute atomic E-state index is 0.183. The highest BCUT2D eigenvalue weighted by molar-refractivity contribution is 5.87. The predicted octanol–water partition coefficient (Wildman–Crippen LogP) is 2.26. The van der Waals surface area contributed by atoms with Crippen molar-refractivity contribution >= 4 is 29.5 Å². The number of nitrogens with zero attached hydrogens (tertiary/aromatic N) is 5. The monoisotopic (exact) mass is 342 g/mol. The van der Waals surface area contributed by atoms with Crippen LogP contribution in [0.1, 0.15) is 32.6 Å². The van der Waals surface area contributed by atoms with Crippen molar-refractivity contribution in [3.63, 3.8) is 0 Å². The van der Waals surface area contributed by atoms with E-state index >= 15 is 0 Å². The summed E-state index contributed by atoms with van der Waals surface area (Å²) in [5.41, 5.74) is 0.851. The molecule has 0 aliphatic carbocycles. The van der Waals surface area contributed by atoms with Gasteiger partial charge in [-0.25, -0.2) is 9.97 Å². The number of fused-ring (bicyclic) bond motifs is 1. The van der Waals surface area contributed by atoms with E-state index in [1.54, 1.807) is 6.33 Å². The van der Waals surface area contributed by atoms with Gasteiger partial charge in [0, 0.05) is 38.8 Å². The lowest BCUT2D eigenvalue weighted by molar-refractivity contribution is -0.133. The molecule has 25 heavy (non-hydrogen) atoms. The van der Waals surface area contributed by atoms with Gasteiger partial charge in [0.1, 0.15) is 17.8 Å². The molecule has 7 nitrogen and oxygen atoms in total. The summed E-state index contributed by atoms with van der Waals surface area (Å²) in [7, 11) is 0. The Hall–Kier alpha value is -2.44. The number of anilines is 1. The molecule has 0 radical (unpaired) electrons. The molecule has 0 saturated carbocycles. The van der Waals surface area contributed by atoms with Gasteiger partial charge in [0.25, 0.3) is 0 Å². The Morgan fingerprint density at radius 3 is 3.20 bits per heavy atom. The molecule has 0 aromatic carbocycles. The van der Waals surface area contributed by atoms with Crippen LogP contribution in [0.15, 0.2) is 23.6 Å². The van der Waals surface area contributed by atoms with Crippen LogP contribution in [0, 0.1) is 0 Å². The lowest BCUT2D eigenvalue weighted by atomic mass is 10.1. The number of hydrogen-bond acceptors (Lipinski definition) is 5.